The molecule has 5 nitrogen and oxygen atoms in total. The Bertz CT molecular complexity index is 355. The van der Waals surface area contributed by atoms with Gasteiger partial charge in [-0.05, 0) is 32.9 Å². The zero-order valence-electron chi connectivity index (χ0n) is 11.3. The van der Waals surface area contributed by atoms with E-state index in [2.05, 4.69) is 20.1 Å². The Balaban J connectivity index is 5.00. The highest BCUT2D eigenvalue weighted by atomic mass is 16.3. The molecule has 0 saturated heterocycles. The van der Waals surface area contributed by atoms with Crippen LogP contribution < -0.4 is 0 Å². The quantitative estimate of drug-likeness (QED) is 0.552. The zero-order valence-corrected chi connectivity index (χ0v) is 11.3. The maximum absolute atomic E-state index is 11.4. The molecule has 0 spiro atoms. The first-order valence-electron chi connectivity index (χ1n) is 5.74. The third-order valence-corrected chi connectivity index (χ3v) is 2.78. The lowest BCUT2D eigenvalue weighted by Gasteiger charge is -2.35. The molecule has 0 aromatic carbocycles. The fraction of sp³-hybridized carbons (Fsp3) is 0.500. The van der Waals surface area contributed by atoms with E-state index in [0.717, 1.165) is 12.2 Å². The van der Waals surface area contributed by atoms with E-state index >= 15 is 0 Å². The van der Waals surface area contributed by atoms with Crippen molar-refractivity contribution in [3.63, 3.8) is 0 Å². The second kappa shape index (κ2) is 5.77. The van der Waals surface area contributed by atoms with Gasteiger partial charge in [0.1, 0.15) is 11.2 Å². The fourth-order valence-electron chi connectivity index (χ4n) is 1.96. The minimum absolute atomic E-state index is 0.439. The molecule has 0 aromatic rings. The summed E-state index contributed by atoms with van der Waals surface area (Å²) >= 11 is 0. The number of hydrogen-bond acceptors (Lipinski definition) is 5. The molecule has 0 rings (SSSR count). The molecule has 0 aliphatic heterocycles. The highest BCUT2D eigenvalue weighted by Gasteiger charge is 2.42. The van der Waals surface area contributed by atoms with Crippen molar-refractivity contribution in [2.24, 2.45) is 0 Å². The maximum Gasteiger partial charge on any atom is 0.186 e. The monoisotopic (exact) mass is 269 g/mol. The third kappa shape index (κ3) is 5.06. The summed E-state index contributed by atoms with van der Waals surface area (Å²) in [5, 5.41) is 29.9. The third-order valence-electron chi connectivity index (χ3n) is 2.78. The van der Waals surface area contributed by atoms with E-state index in [4.69, 9.17) is 0 Å². The van der Waals surface area contributed by atoms with Gasteiger partial charge < -0.3 is 15.3 Å². The molecule has 5 heteroatoms. The molecule has 19 heavy (non-hydrogen) atoms. The van der Waals surface area contributed by atoms with Crippen LogP contribution in [0.1, 0.15) is 26.7 Å². The number of aliphatic hydroxyl groups is 3. The average molecular weight is 269 g/mol. The van der Waals surface area contributed by atoms with E-state index in [0.29, 0.717) is 0 Å². The summed E-state index contributed by atoms with van der Waals surface area (Å²) < 4.78 is 0. The molecule has 107 valence electrons. The second-order valence-corrected chi connectivity index (χ2v) is 5.26. The van der Waals surface area contributed by atoms with Gasteiger partial charge in [0.15, 0.2) is 11.6 Å². The molecule has 1 radical (unpaired) electrons. The molecule has 0 heterocycles. The van der Waals surface area contributed by atoms with Gasteiger partial charge in [0.2, 0.25) is 0 Å². The van der Waals surface area contributed by atoms with Crippen LogP contribution in [-0.2, 0) is 9.59 Å². The smallest absolute Gasteiger partial charge is 0.186 e. The Kier molecular flexibility index (Phi) is 5.38. The van der Waals surface area contributed by atoms with Gasteiger partial charge in [-0.2, -0.15) is 0 Å². The van der Waals surface area contributed by atoms with E-state index in [1.54, 1.807) is 0 Å². The number of carbonyl (C=O) groups is 2. The van der Waals surface area contributed by atoms with Crippen LogP contribution in [0.3, 0.4) is 0 Å². The van der Waals surface area contributed by atoms with Crippen molar-refractivity contribution in [2.75, 3.05) is 0 Å². The van der Waals surface area contributed by atoms with Gasteiger partial charge in [0, 0.05) is 12.8 Å². The minimum Gasteiger partial charge on any atom is -0.390 e. The molecule has 0 bridgehead atoms. The van der Waals surface area contributed by atoms with Crippen LogP contribution in [0.15, 0.2) is 25.3 Å². The van der Waals surface area contributed by atoms with E-state index < -0.39 is 41.2 Å². The number of hydrogen-bond donors (Lipinski definition) is 3. The van der Waals surface area contributed by atoms with Crippen molar-refractivity contribution in [3.8, 4) is 0 Å². The molecule has 2 unspecified atom stereocenters. The van der Waals surface area contributed by atoms with E-state index in [1.165, 1.54) is 13.8 Å². The Morgan fingerprint density at radius 2 is 1.21 bits per heavy atom. The molecule has 0 aliphatic rings. The summed E-state index contributed by atoms with van der Waals surface area (Å²) in [6, 6.07) is 0. The van der Waals surface area contributed by atoms with E-state index in [-0.39, 0.29) is 0 Å². The van der Waals surface area contributed by atoms with Gasteiger partial charge in [-0.3, -0.25) is 9.59 Å². The molecule has 3 N–H and O–H groups in total. The van der Waals surface area contributed by atoms with Crippen LogP contribution in [0, 0.1) is 6.92 Å². The van der Waals surface area contributed by atoms with Crippen molar-refractivity contribution >= 4 is 11.6 Å². The average Bonchev–Trinajstić information content (AvgIpc) is 2.23. The Labute approximate surface area is 113 Å². The first kappa shape index (κ1) is 17.7. The van der Waals surface area contributed by atoms with Crippen LogP contribution in [0.25, 0.3) is 0 Å². The van der Waals surface area contributed by atoms with Gasteiger partial charge in [-0.25, -0.2) is 0 Å². The summed E-state index contributed by atoms with van der Waals surface area (Å²) in [7, 11) is 0. The SMILES string of the molecule is [CH2]C(O)(CC(C)(O)C(=O)C=C)CC(C)(O)C(=O)C=C. The van der Waals surface area contributed by atoms with Crippen molar-refractivity contribution in [2.45, 2.75) is 43.5 Å². The Hall–Kier alpha value is -1.30. The summed E-state index contributed by atoms with van der Waals surface area (Å²) in [6.07, 6.45) is 0.989. The lowest BCUT2D eigenvalue weighted by Crippen LogP contribution is -2.48. The van der Waals surface area contributed by atoms with Crippen molar-refractivity contribution in [1.82, 2.24) is 0 Å². The van der Waals surface area contributed by atoms with Gasteiger partial charge >= 0.3 is 0 Å². The predicted octanol–water partition coefficient (Wildman–Crippen LogP) is 0.344. The van der Waals surface area contributed by atoms with Crippen molar-refractivity contribution in [3.05, 3.63) is 32.2 Å². The van der Waals surface area contributed by atoms with Gasteiger partial charge in [0.05, 0.1) is 5.60 Å². The van der Waals surface area contributed by atoms with Gasteiger partial charge in [-0.15, -0.1) is 0 Å². The van der Waals surface area contributed by atoms with Gasteiger partial charge in [-0.1, -0.05) is 13.2 Å². The molecular weight excluding hydrogens is 248 g/mol. The molecular formula is C14H21O5. The predicted molar refractivity (Wildman–Crippen MR) is 71.2 cm³/mol. The lowest BCUT2D eigenvalue weighted by molar-refractivity contribution is -0.143. The van der Waals surface area contributed by atoms with Crippen LogP contribution in [0.5, 0.6) is 0 Å². The molecule has 0 fully saturated rings. The Morgan fingerprint density at radius 3 is 1.42 bits per heavy atom. The Morgan fingerprint density at radius 1 is 0.947 bits per heavy atom. The topological polar surface area (TPSA) is 94.8 Å². The summed E-state index contributed by atoms with van der Waals surface area (Å²) in [5.41, 5.74) is -5.60. The standard InChI is InChI=1S/C14H21O5/c1-6-10(15)13(4,18)8-12(3,17)9-14(5,19)11(16)7-2/h6-7,17-19H,1-3,8-9H2,4-5H3. The molecule has 0 aliphatic carbocycles. The minimum atomic E-state index is -1.87. The summed E-state index contributed by atoms with van der Waals surface area (Å²) in [4.78, 5) is 22.8. The maximum atomic E-state index is 11.4. The number of carbonyl (C=O) groups excluding carboxylic acids is 2. The summed E-state index contributed by atoms with van der Waals surface area (Å²) in [6.45, 7) is 12.3. The lowest BCUT2D eigenvalue weighted by atomic mass is 9.79. The summed E-state index contributed by atoms with van der Waals surface area (Å²) in [5.74, 6) is -1.35. The zero-order chi connectivity index (χ0) is 15.5. The number of rotatable bonds is 8. The highest BCUT2D eigenvalue weighted by Crippen LogP contribution is 2.29. The van der Waals surface area contributed by atoms with E-state index in [9.17, 15) is 24.9 Å². The number of ketones is 2. The highest BCUT2D eigenvalue weighted by molar-refractivity contribution is 5.96. The molecule has 0 amide bonds. The molecule has 0 saturated carbocycles. The van der Waals surface area contributed by atoms with E-state index in [1.807, 2.05) is 0 Å². The first-order chi connectivity index (χ1) is 8.38. The normalized spacial score (nSPS) is 20.5. The molecule has 0 aromatic heterocycles. The largest absolute Gasteiger partial charge is 0.390 e. The fourth-order valence-corrected chi connectivity index (χ4v) is 1.96. The van der Waals surface area contributed by atoms with Crippen LogP contribution in [0.4, 0.5) is 0 Å². The van der Waals surface area contributed by atoms with Crippen molar-refractivity contribution in [1.29, 1.82) is 0 Å². The van der Waals surface area contributed by atoms with Crippen LogP contribution in [-0.4, -0.2) is 43.7 Å². The second-order valence-electron chi connectivity index (χ2n) is 5.26. The first-order valence-corrected chi connectivity index (χ1v) is 5.74. The van der Waals surface area contributed by atoms with Gasteiger partial charge in [0.25, 0.3) is 0 Å². The van der Waals surface area contributed by atoms with Crippen LogP contribution in [0.2, 0.25) is 0 Å². The van der Waals surface area contributed by atoms with Crippen molar-refractivity contribution < 1.29 is 24.9 Å². The molecule has 2 atom stereocenters. The van der Waals surface area contributed by atoms with Crippen LogP contribution >= 0.6 is 0 Å².